The predicted octanol–water partition coefficient (Wildman–Crippen LogP) is 6.86. The zero-order valence-corrected chi connectivity index (χ0v) is 21.9. The molecule has 4 saturated carbocycles. The molecule has 0 unspecified atom stereocenters. The zero-order valence-electron chi connectivity index (χ0n) is 21.9. The van der Waals surface area contributed by atoms with E-state index in [1.807, 2.05) is 20.8 Å². The van der Waals surface area contributed by atoms with E-state index in [1.165, 1.54) is 17.2 Å². The van der Waals surface area contributed by atoms with Gasteiger partial charge in [0.2, 0.25) is 5.92 Å². The van der Waals surface area contributed by atoms with E-state index < -0.39 is 64.9 Å². The van der Waals surface area contributed by atoms with Crippen LogP contribution in [0.4, 0.5) is 26.7 Å². The first-order valence-corrected chi connectivity index (χ1v) is 12.9. The fraction of sp³-hybridized carbons (Fsp3) is 0.643. The molecule has 5 aliphatic rings. The van der Waals surface area contributed by atoms with Crippen LogP contribution in [-0.4, -0.2) is 33.5 Å². The van der Waals surface area contributed by atoms with Gasteiger partial charge in [0, 0.05) is 19.0 Å². The van der Waals surface area contributed by atoms with Crippen LogP contribution in [0.2, 0.25) is 0 Å². The van der Waals surface area contributed by atoms with Crippen LogP contribution >= 0.6 is 0 Å². The van der Waals surface area contributed by atoms with Crippen LogP contribution in [0.3, 0.4) is 0 Å². The number of amides is 2. The molecule has 5 nitrogen and oxygen atoms in total. The van der Waals surface area contributed by atoms with E-state index in [0.717, 1.165) is 6.07 Å². The van der Waals surface area contributed by atoms with Crippen molar-refractivity contribution in [2.24, 2.45) is 16.7 Å². The third kappa shape index (κ3) is 4.18. The normalized spacial score (nSPS) is 32.5. The van der Waals surface area contributed by atoms with E-state index >= 15 is 0 Å². The van der Waals surface area contributed by atoms with Gasteiger partial charge in [-0.3, -0.25) is 9.69 Å². The number of aliphatic carboxylic acids is 1. The van der Waals surface area contributed by atoms with Crippen molar-refractivity contribution < 1.29 is 36.6 Å². The molecule has 0 saturated heterocycles. The fourth-order valence-corrected chi connectivity index (χ4v) is 6.75. The van der Waals surface area contributed by atoms with Crippen LogP contribution < -0.4 is 5.32 Å². The van der Waals surface area contributed by atoms with Crippen molar-refractivity contribution in [2.75, 3.05) is 0 Å². The molecule has 4 aliphatic carbocycles. The molecule has 1 heterocycles. The van der Waals surface area contributed by atoms with Crippen LogP contribution in [0.15, 0.2) is 30.0 Å². The van der Waals surface area contributed by atoms with E-state index in [4.69, 9.17) is 0 Å². The first-order valence-electron chi connectivity index (χ1n) is 12.9. The van der Waals surface area contributed by atoms with Crippen LogP contribution in [0.25, 0.3) is 0 Å². The van der Waals surface area contributed by atoms with Crippen LogP contribution in [0, 0.1) is 16.7 Å². The number of hydrogen-bond donors (Lipinski definition) is 2. The van der Waals surface area contributed by atoms with Crippen molar-refractivity contribution in [3.8, 4) is 0 Å². The van der Waals surface area contributed by atoms with E-state index in [-0.39, 0.29) is 42.2 Å². The molecule has 2 N–H and O–H groups in total. The van der Waals surface area contributed by atoms with Crippen molar-refractivity contribution in [3.63, 3.8) is 0 Å². The standard InChI is InChI=1S/C28H33F5N2O3/c1-23(2,3)8-7-16-5-6-18(9-19(16)28(31,32)33)24(4)20(17-10-27(29,30)11-17)12-35(22(38)34-24)26-13-25(14-26,15-26)21(36)37/h5-6,9,12,17H,7-8,10-11,13-15H2,1-4H3,(H,34,38)(H,36,37)/t24-,25?,26?/m0/s1. The fourth-order valence-electron chi connectivity index (χ4n) is 6.75. The Balaban J connectivity index is 1.53. The van der Waals surface area contributed by atoms with Crippen molar-refractivity contribution in [1.29, 1.82) is 0 Å². The number of alkyl halides is 5. The number of carboxylic acid groups (broad SMARTS) is 1. The summed E-state index contributed by atoms with van der Waals surface area (Å²) in [4.78, 5) is 26.3. The number of hydrogen-bond acceptors (Lipinski definition) is 2. The summed E-state index contributed by atoms with van der Waals surface area (Å²) < 4.78 is 70.4. The summed E-state index contributed by atoms with van der Waals surface area (Å²) in [7, 11) is 0. The number of urea groups is 1. The summed E-state index contributed by atoms with van der Waals surface area (Å²) in [6.07, 6.45) is -2.46. The van der Waals surface area contributed by atoms with E-state index in [9.17, 15) is 36.6 Å². The second-order valence-corrected chi connectivity index (χ2v) is 13.2. The van der Waals surface area contributed by atoms with Gasteiger partial charge in [-0.05, 0) is 73.1 Å². The molecule has 1 atom stereocenters. The minimum Gasteiger partial charge on any atom is -0.481 e. The quantitative estimate of drug-likeness (QED) is 0.388. The van der Waals surface area contributed by atoms with Gasteiger partial charge in [0.15, 0.2) is 0 Å². The van der Waals surface area contributed by atoms with Crippen LogP contribution in [0.5, 0.6) is 0 Å². The molecule has 6 rings (SSSR count). The van der Waals surface area contributed by atoms with Gasteiger partial charge >= 0.3 is 18.2 Å². The van der Waals surface area contributed by atoms with Gasteiger partial charge in [-0.1, -0.05) is 32.9 Å². The molecule has 0 spiro atoms. The maximum Gasteiger partial charge on any atom is 0.416 e. The van der Waals surface area contributed by atoms with Crippen molar-refractivity contribution in [2.45, 2.75) is 95.8 Å². The molecule has 1 aromatic carbocycles. The lowest BCUT2D eigenvalue weighted by Gasteiger charge is -2.71. The number of halogens is 5. The van der Waals surface area contributed by atoms with E-state index in [0.29, 0.717) is 12.0 Å². The second kappa shape index (κ2) is 7.94. The summed E-state index contributed by atoms with van der Waals surface area (Å²) in [6.45, 7) is 7.42. The lowest BCUT2D eigenvalue weighted by molar-refractivity contribution is -0.215. The molecule has 0 aromatic heterocycles. The van der Waals surface area contributed by atoms with Gasteiger partial charge in [-0.25, -0.2) is 13.6 Å². The Labute approximate surface area is 218 Å². The number of carboxylic acids is 1. The first kappa shape index (κ1) is 26.9. The smallest absolute Gasteiger partial charge is 0.416 e. The number of nitrogens with zero attached hydrogens (tertiary/aromatic N) is 1. The number of aryl methyl sites for hydroxylation is 1. The molecule has 2 bridgehead atoms. The minimum atomic E-state index is -4.63. The van der Waals surface area contributed by atoms with Crippen molar-refractivity contribution in [3.05, 3.63) is 46.7 Å². The van der Waals surface area contributed by atoms with Crippen LogP contribution in [-0.2, 0) is 22.9 Å². The number of nitrogens with one attached hydrogen (secondary N) is 1. The lowest BCUT2D eigenvalue weighted by atomic mass is 9.38. The third-order valence-corrected chi connectivity index (χ3v) is 9.06. The molecular formula is C28H33F5N2O3. The molecule has 10 heteroatoms. The Morgan fingerprint density at radius 3 is 2.24 bits per heavy atom. The van der Waals surface area contributed by atoms with Crippen LogP contribution in [0.1, 0.15) is 82.9 Å². The average Bonchev–Trinajstić information content (AvgIpc) is 2.68. The topological polar surface area (TPSA) is 69.6 Å². The maximum atomic E-state index is 14.2. The highest BCUT2D eigenvalue weighted by atomic mass is 19.4. The Morgan fingerprint density at radius 2 is 1.74 bits per heavy atom. The minimum absolute atomic E-state index is 0.150. The van der Waals surface area contributed by atoms with Gasteiger partial charge in [0.25, 0.3) is 0 Å². The summed E-state index contributed by atoms with van der Waals surface area (Å²) in [6, 6.07) is 3.46. The van der Waals surface area contributed by atoms with Gasteiger partial charge in [-0.2, -0.15) is 13.2 Å². The second-order valence-electron chi connectivity index (χ2n) is 13.2. The van der Waals surface area contributed by atoms with Crippen molar-refractivity contribution in [1.82, 2.24) is 10.2 Å². The maximum absolute atomic E-state index is 14.2. The summed E-state index contributed by atoms with van der Waals surface area (Å²) in [5, 5.41) is 12.3. The molecule has 2 amide bonds. The highest BCUT2D eigenvalue weighted by molar-refractivity contribution is 5.85. The van der Waals surface area contributed by atoms with Gasteiger partial charge in [0.1, 0.15) is 0 Å². The Kier molecular flexibility index (Phi) is 5.63. The Bertz CT molecular complexity index is 1200. The Hall–Kier alpha value is -2.65. The van der Waals surface area contributed by atoms with Gasteiger partial charge in [-0.15, -0.1) is 0 Å². The Morgan fingerprint density at radius 1 is 1.13 bits per heavy atom. The number of benzene rings is 1. The predicted molar refractivity (Wildman–Crippen MR) is 129 cm³/mol. The molecular weight excluding hydrogens is 507 g/mol. The summed E-state index contributed by atoms with van der Waals surface area (Å²) >= 11 is 0. The number of carbonyl (C=O) groups is 2. The zero-order chi connectivity index (χ0) is 28.1. The third-order valence-electron chi connectivity index (χ3n) is 9.06. The highest BCUT2D eigenvalue weighted by Gasteiger charge is 2.75. The lowest BCUT2D eigenvalue weighted by Crippen LogP contribution is -2.78. The number of carbonyl (C=O) groups excluding carboxylic acids is 1. The van der Waals surface area contributed by atoms with Crippen molar-refractivity contribution >= 4 is 12.0 Å². The van der Waals surface area contributed by atoms with E-state index in [1.54, 1.807) is 13.0 Å². The summed E-state index contributed by atoms with van der Waals surface area (Å²) in [5.74, 6) is -4.43. The highest BCUT2D eigenvalue weighted by Crippen LogP contribution is 2.70. The number of rotatable bonds is 6. The largest absolute Gasteiger partial charge is 0.481 e. The molecule has 38 heavy (non-hydrogen) atoms. The molecule has 0 radical (unpaired) electrons. The SMILES string of the molecule is CC(C)(C)CCc1ccc([C@]2(C)NC(=O)N(C34CC(C(=O)O)(C3)C4)C=C2C2CC(F)(F)C2)cc1C(F)(F)F. The molecule has 4 fully saturated rings. The first-order chi connectivity index (χ1) is 17.3. The van der Waals surface area contributed by atoms with E-state index in [2.05, 4.69) is 5.32 Å². The summed E-state index contributed by atoms with van der Waals surface area (Å²) in [5.41, 5.74) is -3.19. The monoisotopic (exact) mass is 540 g/mol. The van der Waals surface area contributed by atoms with Gasteiger partial charge in [0.05, 0.1) is 22.1 Å². The van der Waals surface area contributed by atoms with Gasteiger partial charge < -0.3 is 10.4 Å². The molecule has 1 aliphatic heterocycles. The molecule has 208 valence electrons. The molecule has 1 aromatic rings. The average molecular weight is 541 g/mol.